The van der Waals surface area contributed by atoms with Crippen LogP contribution in [0.3, 0.4) is 0 Å². The number of aromatic nitrogens is 10. The monoisotopic (exact) mass is 1530 g/mol. The van der Waals surface area contributed by atoms with E-state index < -0.39 is 88.6 Å². The van der Waals surface area contributed by atoms with Crippen molar-refractivity contribution in [3.63, 3.8) is 0 Å². The number of hydrogen-bond donors (Lipinski definition) is 5. The number of hydrogen-bond acceptors (Lipinski definition) is 21. The Balaban J connectivity index is 0.000000162. The maximum absolute atomic E-state index is 14.3. The topological polar surface area (TPSA) is 383 Å². The van der Waals surface area contributed by atoms with Gasteiger partial charge in [0.15, 0.2) is 75.1 Å². The molecule has 574 valence electrons. The van der Waals surface area contributed by atoms with Crippen LogP contribution in [0.15, 0.2) is 183 Å². The molecule has 0 saturated carbocycles. The van der Waals surface area contributed by atoms with Crippen molar-refractivity contribution in [2.75, 3.05) is 74.2 Å². The number of carbonyl (C=O) groups excluding carboxylic acids is 7. The molecule has 3 aromatic carbocycles. The molecule has 0 unspecified atom stereocenters. The second kappa shape index (κ2) is 36.8. The molecule has 4 aliphatic rings. The fourth-order valence-electron chi connectivity index (χ4n) is 10.8. The van der Waals surface area contributed by atoms with E-state index in [0.717, 1.165) is 35.3 Å². The zero-order valence-electron chi connectivity index (χ0n) is 60.2. The maximum Gasteiger partial charge on any atom is 0.408 e. The molecule has 7 amide bonds. The highest BCUT2D eigenvalue weighted by molar-refractivity contribution is 6.04. The predicted octanol–water partition coefficient (Wildman–Crippen LogP) is 6.52. The number of likely N-dealkylation sites (N-methyl/N-ethyl adjacent to an activating group) is 4. The molecule has 14 rings (SSSR count). The molecule has 7 aromatic heterocycles. The van der Waals surface area contributed by atoms with Gasteiger partial charge in [-0.3, -0.25) is 62.4 Å². The van der Waals surface area contributed by atoms with Gasteiger partial charge in [-0.25, -0.2) is 42.7 Å². The molecule has 11 heterocycles. The normalized spacial score (nSPS) is 16.1. The summed E-state index contributed by atoms with van der Waals surface area (Å²) in [7, 11) is 6.31. The second-order valence-electron chi connectivity index (χ2n) is 25.3. The van der Waals surface area contributed by atoms with Gasteiger partial charge in [-0.05, 0) is 86.0 Å². The zero-order valence-corrected chi connectivity index (χ0v) is 61.0. The minimum Gasteiger partial charge on any atom is -0.488 e. The standard InChI is InChI=1S/2C20H18FN5O3.C14H19N3O4.C11H9FN2O2.C9H11N3O2.ClH/c2*1-25-18-16(8-5-9-22-18)29-12-15(20(25)28)23-19(27)17-14(21)11-26(24-17)10-13-6-3-2-4-7-13;1-14(2,3)21-13(19)16-9-8-20-10-6-5-7-15-11(10)17(4)12(9)18;12-9-7-14(13-10(9)11(15)16)6-8-4-2-1-3-5-8;1-12-8-7(3-2-4-11-8)14-5-6(10)9(12)13;/h2*2-9,11,15H,10,12H2,1H3,(H,23,27);5-7,9H,8H2,1-4H3,(H,16,19);1-5,7H,6H2,(H,15,16);2-4,6H,5,10H2,1H3;1H/t2*15-;9-;;6-;/m000.0./s1. The van der Waals surface area contributed by atoms with Crippen LogP contribution in [0, 0.1) is 17.5 Å². The molecule has 0 bridgehead atoms. The molecule has 0 spiro atoms. The molecule has 32 nitrogen and oxygen atoms in total. The highest BCUT2D eigenvalue weighted by Crippen LogP contribution is 2.31. The average molecular weight is 1530 g/mol. The Labute approximate surface area is 633 Å². The minimum atomic E-state index is -1.36. The van der Waals surface area contributed by atoms with E-state index in [9.17, 15) is 51.5 Å². The number of carboxylic acid groups (broad SMARTS) is 1. The number of pyridine rings is 4. The Kier molecular flexibility index (Phi) is 27.0. The first kappa shape index (κ1) is 80.8. The lowest BCUT2D eigenvalue weighted by molar-refractivity contribution is -0.121. The van der Waals surface area contributed by atoms with Crippen molar-refractivity contribution in [3.8, 4) is 23.0 Å². The summed E-state index contributed by atoms with van der Waals surface area (Å²) < 4.78 is 72.9. The van der Waals surface area contributed by atoms with Gasteiger partial charge in [-0.2, -0.15) is 15.3 Å². The number of rotatable bonds is 12. The summed E-state index contributed by atoms with van der Waals surface area (Å²) >= 11 is 0. The minimum absolute atomic E-state index is 0. The summed E-state index contributed by atoms with van der Waals surface area (Å²) in [6.07, 6.45) is 9.00. The number of benzene rings is 3. The summed E-state index contributed by atoms with van der Waals surface area (Å²) in [5, 5.41) is 27.9. The SMILES string of the molecule is CN1C(=O)[C@@H](N)COc2cccnc21.CN1C(=O)[C@@H](NC(=O)OC(C)(C)C)COc2cccnc21.CN1C(=O)[C@@H](NC(=O)c2nn(Cc3ccccc3)cc2F)COc2cccnc21.CN1C(=O)[C@@H](NC(=O)c2nn(Cc3ccccc3)cc2F)COc2cccnc21.Cl.O=C(O)c1nn(Cc2ccccc2)cc1F. The van der Waals surface area contributed by atoms with Crippen LogP contribution in [0.1, 0.15) is 68.9 Å². The second-order valence-corrected chi connectivity index (χ2v) is 25.3. The van der Waals surface area contributed by atoms with Crippen LogP contribution in [0.4, 0.5) is 41.2 Å². The van der Waals surface area contributed by atoms with E-state index in [2.05, 4.69) is 51.2 Å². The highest BCUT2D eigenvalue weighted by Gasteiger charge is 2.36. The van der Waals surface area contributed by atoms with Crippen LogP contribution in [0.25, 0.3) is 0 Å². The van der Waals surface area contributed by atoms with Crippen LogP contribution in [-0.2, 0) is 43.5 Å². The number of nitrogens with one attached hydrogen (secondary N) is 3. The van der Waals surface area contributed by atoms with Crippen molar-refractivity contribution in [1.82, 2.24) is 65.2 Å². The molecule has 0 saturated heterocycles. The number of fused-ring (bicyclic) bond motifs is 4. The first-order valence-corrected chi connectivity index (χ1v) is 33.5. The number of ether oxygens (including phenoxy) is 5. The van der Waals surface area contributed by atoms with Crippen molar-refractivity contribution < 1.29 is 80.3 Å². The molecule has 10 aromatic rings. The molecule has 0 radical (unpaired) electrons. The van der Waals surface area contributed by atoms with Gasteiger partial charge in [0.05, 0.1) is 38.2 Å². The van der Waals surface area contributed by atoms with Crippen molar-refractivity contribution in [1.29, 1.82) is 0 Å². The van der Waals surface area contributed by atoms with Crippen LogP contribution in [-0.4, -0.2) is 186 Å². The summed E-state index contributed by atoms with van der Waals surface area (Å²) in [5.41, 5.74) is 6.44. The Bertz CT molecular complexity index is 4730. The number of carbonyl (C=O) groups is 8. The van der Waals surface area contributed by atoms with Gasteiger partial charge in [-0.1, -0.05) is 91.0 Å². The lowest BCUT2D eigenvalue weighted by atomic mass is 10.2. The summed E-state index contributed by atoms with van der Waals surface area (Å²) in [6.45, 7) is 6.28. The molecule has 4 aliphatic heterocycles. The Morgan fingerprint density at radius 3 is 1.05 bits per heavy atom. The number of alkyl carbamates (subject to hydrolysis) is 1. The summed E-state index contributed by atoms with van der Waals surface area (Å²) in [5.74, 6) is -2.99. The van der Waals surface area contributed by atoms with Gasteiger partial charge < -0.3 is 50.5 Å². The van der Waals surface area contributed by atoms with Crippen molar-refractivity contribution in [2.45, 2.75) is 70.2 Å². The number of aromatic carboxylic acids is 1. The molecule has 4 atom stereocenters. The quantitative estimate of drug-likeness (QED) is 0.0868. The summed E-state index contributed by atoms with van der Waals surface area (Å²) in [4.78, 5) is 119. The number of amides is 7. The predicted molar refractivity (Wildman–Crippen MR) is 394 cm³/mol. The fourth-order valence-corrected chi connectivity index (χ4v) is 10.8. The zero-order chi connectivity index (χ0) is 78.1. The number of halogens is 4. The van der Waals surface area contributed by atoms with E-state index in [1.54, 1.807) is 108 Å². The van der Waals surface area contributed by atoms with Crippen molar-refractivity contribution in [3.05, 3.63) is 234 Å². The van der Waals surface area contributed by atoms with Crippen LogP contribution in [0.5, 0.6) is 23.0 Å². The first-order chi connectivity index (χ1) is 52.2. The van der Waals surface area contributed by atoms with Crippen molar-refractivity contribution in [2.24, 2.45) is 5.73 Å². The molecular weight excluding hydrogens is 1460 g/mol. The third kappa shape index (κ3) is 20.8. The molecule has 6 N–H and O–H groups in total. The molecule has 36 heteroatoms. The lowest BCUT2D eigenvalue weighted by Crippen LogP contribution is -2.50. The van der Waals surface area contributed by atoms with E-state index in [4.69, 9.17) is 34.5 Å². The molecule has 0 aliphatic carbocycles. The van der Waals surface area contributed by atoms with Gasteiger partial charge in [0.2, 0.25) is 11.6 Å². The number of nitrogens with two attached hydrogens (primary N) is 1. The Hall–Kier alpha value is -13.3. The van der Waals surface area contributed by atoms with Gasteiger partial charge in [0.25, 0.3) is 29.5 Å². The molecule has 0 fully saturated rings. The van der Waals surface area contributed by atoms with Crippen LogP contribution >= 0.6 is 12.4 Å². The number of nitrogens with zero attached hydrogens (tertiary/aromatic N) is 14. The van der Waals surface area contributed by atoms with Crippen LogP contribution < -0.4 is 60.2 Å². The Morgan fingerprint density at radius 1 is 0.455 bits per heavy atom. The third-order valence-electron chi connectivity index (χ3n) is 16.1. The van der Waals surface area contributed by atoms with E-state index in [1.165, 1.54) is 47.7 Å². The molecule has 110 heavy (non-hydrogen) atoms. The highest BCUT2D eigenvalue weighted by atomic mass is 35.5. The van der Waals surface area contributed by atoms with E-state index in [-0.39, 0.29) is 62.0 Å². The maximum atomic E-state index is 14.3. The smallest absolute Gasteiger partial charge is 0.408 e. The molecular formula is C74H76ClF3N18O14. The van der Waals surface area contributed by atoms with Crippen molar-refractivity contribution >= 4 is 83.2 Å². The Morgan fingerprint density at radius 2 is 0.745 bits per heavy atom. The average Bonchev–Trinajstić information content (AvgIpc) is 1.67. The van der Waals surface area contributed by atoms with Gasteiger partial charge in [-0.15, -0.1) is 12.4 Å². The van der Waals surface area contributed by atoms with Gasteiger partial charge >= 0.3 is 12.1 Å². The van der Waals surface area contributed by atoms with Gasteiger partial charge in [0, 0.05) is 53.0 Å². The van der Waals surface area contributed by atoms with E-state index >= 15 is 0 Å². The number of carboxylic acids is 1. The lowest BCUT2D eigenvalue weighted by Gasteiger charge is -2.23. The largest absolute Gasteiger partial charge is 0.488 e. The first-order valence-electron chi connectivity index (χ1n) is 33.5. The van der Waals surface area contributed by atoms with Crippen LogP contribution in [0.2, 0.25) is 0 Å². The summed E-state index contributed by atoms with van der Waals surface area (Å²) in [6, 6.07) is 38.3. The number of anilines is 4. The van der Waals surface area contributed by atoms with Gasteiger partial charge in [0.1, 0.15) is 56.2 Å². The van der Waals surface area contributed by atoms with E-state index in [0.29, 0.717) is 65.9 Å². The fraction of sp³-hybridized carbons (Fsp3) is 0.257. The third-order valence-corrected chi connectivity index (χ3v) is 16.1. The van der Waals surface area contributed by atoms with E-state index in [1.807, 2.05) is 91.0 Å².